The lowest BCUT2D eigenvalue weighted by Gasteiger charge is -2.28. The molecule has 2 heterocycles. The fourth-order valence-corrected chi connectivity index (χ4v) is 4.51. The van der Waals surface area contributed by atoms with Crippen molar-refractivity contribution < 1.29 is 9.29 Å². The molecule has 6 nitrogen and oxygen atoms in total. The molecule has 0 saturated carbocycles. The Hall–Kier alpha value is -1.41. The van der Waals surface area contributed by atoms with E-state index in [2.05, 4.69) is 4.72 Å². The van der Waals surface area contributed by atoms with Crippen LogP contribution in [-0.2, 0) is 28.7 Å². The maximum Gasteiger partial charge on any atom is 0.261 e. The van der Waals surface area contributed by atoms with Crippen LogP contribution in [-0.4, -0.2) is 25.5 Å². The lowest BCUT2D eigenvalue weighted by atomic mass is 9.99. The first kappa shape index (κ1) is 21.3. The molecule has 2 aromatic rings. The second-order valence-electron chi connectivity index (χ2n) is 8.95. The fourth-order valence-electron chi connectivity index (χ4n) is 3.71. The average molecular weight is 406 g/mol. The zero-order valence-corrected chi connectivity index (χ0v) is 18.7. The molecule has 1 aliphatic heterocycles. The van der Waals surface area contributed by atoms with Crippen LogP contribution in [0.3, 0.4) is 0 Å². The first-order chi connectivity index (χ1) is 12.9. The summed E-state index contributed by atoms with van der Waals surface area (Å²) in [7, 11) is 1.76. The second-order valence-corrected chi connectivity index (χ2v) is 11.0. The Kier molecular flexibility index (Phi) is 5.66. The third-order valence-corrected chi connectivity index (χ3v) is 7.03. The minimum Gasteiger partial charge on any atom is -0.598 e. The molecule has 3 rings (SSSR count). The van der Waals surface area contributed by atoms with Gasteiger partial charge in [0.25, 0.3) is 5.56 Å². The van der Waals surface area contributed by atoms with Gasteiger partial charge in [0.05, 0.1) is 16.9 Å². The molecule has 1 aromatic carbocycles. The van der Waals surface area contributed by atoms with Gasteiger partial charge in [0.2, 0.25) is 0 Å². The highest BCUT2D eigenvalue weighted by Gasteiger charge is 2.36. The molecule has 3 atom stereocenters. The van der Waals surface area contributed by atoms with Gasteiger partial charge in [0.15, 0.2) is 0 Å². The Morgan fingerprint density at radius 2 is 2.07 bits per heavy atom. The van der Waals surface area contributed by atoms with Crippen LogP contribution in [0.4, 0.5) is 0 Å². The van der Waals surface area contributed by atoms with E-state index in [1.54, 1.807) is 11.6 Å². The average Bonchev–Trinajstić information content (AvgIpc) is 3.04. The van der Waals surface area contributed by atoms with Crippen molar-refractivity contribution in [3.8, 4) is 0 Å². The van der Waals surface area contributed by atoms with Gasteiger partial charge >= 0.3 is 0 Å². The van der Waals surface area contributed by atoms with Crippen LogP contribution in [0.2, 0.25) is 0 Å². The molecule has 28 heavy (non-hydrogen) atoms. The monoisotopic (exact) mass is 405 g/mol. The number of benzene rings is 1. The maximum atomic E-state index is 13.1. The number of nitrogens with zero attached hydrogens (tertiary/aromatic N) is 2. The van der Waals surface area contributed by atoms with Crippen molar-refractivity contribution in [1.82, 2.24) is 14.3 Å². The predicted molar refractivity (Wildman–Crippen MR) is 114 cm³/mol. The highest BCUT2D eigenvalue weighted by Crippen LogP contribution is 2.35. The van der Waals surface area contributed by atoms with Crippen molar-refractivity contribution in [3.63, 3.8) is 0 Å². The Balaban J connectivity index is 2.18. The summed E-state index contributed by atoms with van der Waals surface area (Å²) in [6.45, 7) is 12.4. The Morgan fingerprint density at radius 1 is 1.39 bits per heavy atom. The van der Waals surface area contributed by atoms with Gasteiger partial charge in [0.1, 0.15) is 16.2 Å². The van der Waals surface area contributed by atoms with Crippen molar-refractivity contribution in [2.75, 3.05) is 6.61 Å². The zero-order chi connectivity index (χ0) is 20.9. The number of hydrogen-bond donors (Lipinski definition) is 1. The highest BCUT2D eigenvalue weighted by molar-refractivity contribution is 7.90. The number of hydrogen-bond acceptors (Lipinski definition) is 5. The fraction of sp³-hybridized carbons (Fsp3) is 0.619. The molecular formula is C21H31N3O3S. The number of ether oxygens (including phenoxy) is 1. The summed E-state index contributed by atoms with van der Waals surface area (Å²) in [5.41, 5.74) is 1.88. The smallest absolute Gasteiger partial charge is 0.261 e. The third kappa shape index (κ3) is 3.85. The van der Waals surface area contributed by atoms with Crippen LogP contribution in [0.5, 0.6) is 0 Å². The van der Waals surface area contributed by atoms with Gasteiger partial charge in [-0.15, -0.1) is 4.72 Å². The summed E-state index contributed by atoms with van der Waals surface area (Å²) < 4.78 is 23.0. The largest absolute Gasteiger partial charge is 0.598 e. The van der Waals surface area contributed by atoms with Crippen LogP contribution in [0, 0.1) is 6.92 Å². The Morgan fingerprint density at radius 3 is 2.64 bits per heavy atom. The van der Waals surface area contributed by atoms with Gasteiger partial charge in [0, 0.05) is 30.6 Å². The molecule has 1 N–H and O–H groups in total. The number of fused-ring (bicyclic) bond motifs is 1. The van der Waals surface area contributed by atoms with Crippen LogP contribution >= 0.6 is 0 Å². The van der Waals surface area contributed by atoms with E-state index in [1.165, 1.54) is 0 Å². The summed E-state index contributed by atoms with van der Waals surface area (Å²) in [5.74, 6) is 0.650. The van der Waals surface area contributed by atoms with Crippen LogP contribution in [0.1, 0.15) is 70.5 Å². The number of aromatic nitrogens is 2. The summed E-state index contributed by atoms with van der Waals surface area (Å²) >= 11 is -1.23. The molecule has 0 radical (unpaired) electrons. The van der Waals surface area contributed by atoms with E-state index >= 15 is 0 Å². The molecule has 0 unspecified atom stereocenters. The van der Waals surface area contributed by atoms with Crippen molar-refractivity contribution in [2.45, 2.75) is 70.8 Å². The molecule has 154 valence electrons. The number of rotatable bonds is 4. The molecule has 7 heteroatoms. The molecule has 1 saturated heterocycles. The van der Waals surface area contributed by atoms with Crippen molar-refractivity contribution in [2.24, 2.45) is 7.05 Å². The molecule has 1 aliphatic rings. The topological polar surface area (TPSA) is 79.2 Å². The molecular weight excluding hydrogens is 374 g/mol. The summed E-state index contributed by atoms with van der Waals surface area (Å²) in [4.78, 5) is 18.1. The summed E-state index contributed by atoms with van der Waals surface area (Å²) in [6.07, 6.45) is 1.79. The molecule has 1 aromatic heterocycles. The predicted octanol–water partition coefficient (Wildman–Crippen LogP) is 3.38. The van der Waals surface area contributed by atoms with E-state index in [1.807, 2.05) is 53.7 Å². The SMILES string of the molecule is Cc1cc([C@@H](C)N[S@+]([O-])C(C)(C)C)c2nc([C@@]3(C)CCCO3)n(C)c(=O)c2c1. The first-order valence-corrected chi connectivity index (χ1v) is 10.9. The van der Waals surface area contributed by atoms with E-state index in [0.29, 0.717) is 23.3 Å². The quantitative estimate of drug-likeness (QED) is 0.789. The van der Waals surface area contributed by atoms with Gasteiger partial charge in [-0.2, -0.15) is 0 Å². The van der Waals surface area contributed by atoms with Crippen LogP contribution < -0.4 is 10.3 Å². The third-order valence-electron chi connectivity index (χ3n) is 5.35. The van der Waals surface area contributed by atoms with Crippen molar-refractivity contribution >= 4 is 22.3 Å². The Labute approximate surface area is 170 Å². The van der Waals surface area contributed by atoms with E-state index in [9.17, 15) is 9.35 Å². The van der Waals surface area contributed by atoms with E-state index in [4.69, 9.17) is 9.72 Å². The second kappa shape index (κ2) is 7.44. The van der Waals surface area contributed by atoms with Gasteiger partial charge in [-0.1, -0.05) is 6.07 Å². The standard InChI is InChI=1S/C21H31N3O3S/c1-13-11-15(14(2)23-28(26)20(3,4)5)17-16(12-13)18(25)24(7)19(22-17)21(6)9-8-10-27-21/h11-12,14,23H,8-10H2,1-7H3/t14-,21-,28-/m1/s1. The summed E-state index contributed by atoms with van der Waals surface area (Å²) in [6, 6.07) is 3.68. The van der Waals surface area contributed by atoms with Gasteiger partial charge in [-0.05, 0) is 66.0 Å². The van der Waals surface area contributed by atoms with Crippen molar-refractivity contribution in [1.29, 1.82) is 0 Å². The van der Waals surface area contributed by atoms with Gasteiger partial charge in [-0.3, -0.25) is 9.36 Å². The zero-order valence-electron chi connectivity index (χ0n) is 17.9. The minimum atomic E-state index is -1.23. The lowest BCUT2D eigenvalue weighted by molar-refractivity contribution is 0.00637. The minimum absolute atomic E-state index is 0.0779. The Bertz CT molecular complexity index is 943. The highest BCUT2D eigenvalue weighted by atomic mass is 32.2. The molecule has 0 bridgehead atoms. The van der Waals surface area contributed by atoms with Gasteiger partial charge in [-0.25, -0.2) is 4.98 Å². The maximum absolute atomic E-state index is 13.1. The first-order valence-electron chi connectivity index (χ1n) is 9.78. The molecule has 1 fully saturated rings. The van der Waals surface area contributed by atoms with E-state index in [0.717, 1.165) is 24.0 Å². The molecule has 0 aliphatic carbocycles. The summed E-state index contributed by atoms with van der Waals surface area (Å²) in [5, 5.41) is 0.582. The number of nitrogens with one attached hydrogen (secondary N) is 1. The van der Waals surface area contributed by atoms with E-state index < -0.39 is 17.0 Å². The lowest BCUT2D eigenvalue weighted by Crippen LogP contribution is -2.40. The normalized spacial score (nSPS) is 22.6. The van der Waals surface area contributed by atoms with E-state index in [-0.39, 0.29) is 16.3 Å². The van der Waals surface area contributed by atoms with Gasteiger partial charge < -0.3 is 9.29 Å². The molecule has 0 amide bonds. The van der Waals surface area contributed by atoms with Crippen LogP contribution in [0.25, 0.3) is 10.9 Å². The van der Waals surface area contributed by atoms with Crippen molar-refractivity contribution in [3.05, 3.63) is 39.4 Å². The van der Waals surface area contributed by atoms with Crippen LogP contribution in [0.15, 0.2) is 16.9 Å². The molecule has 0 spiro atoms. The number of aryl methyl sites for hydroxylation is 1.